The Balaban J connectivity index is 1.97. The van der Waals surface area contributed by atoms with Crippen LogP contribution in [0, 0.1) is 16.7 Å². The Morgan fingerprint density at radius 2 is 2.18 bits per heavy atom. The third-order valence-electron chi connectivity index (χ3n) is 2.82. The van der Waals surface area contributed by atoms with Crippen molar-refractivity contribution in [3.05, 3.63) is 36.0 Å². The average molecular weight is 227 g/mol. The van der Waals surface area contributed by atoms with E-state index in [1.54, 1.807) is 0 Å². The van der Waals surface area contributed by atoms with Gasteiger partial charge >= 0.3 is 0 Å². The first-order valence-corrected chi connectivity index (χ1v) is 5.79. The SMILES string of the molecule is CC(C)(C#N)CNCc1ccc2[nH]ccc2c1. The van der Waals surface area contributed by atoms with Gasteiger partial charge in [0.1, 0.15) is 0 Å². The maximum atomic E-state index is 8.91. The maximum absolute atomic E-state index is 8.91. The Labute approximate surface area is 101 Å². The average Bonchev–Trinajstić information content (AvgIpc) is 2.76. The summed E-state index contributed by atoms with van der Waals surface area (Å²) in [7, 11) is 0. The van der Waals surface area contributed by atoms with Crippen molar-refractivity contribution in [2.24, 2.45) is 5.41 Å². The highest BCUT2D eigenvalue weighted by molar-refractivity contribution is 5.79. The number of hydrogen-bond acceptors (Lipinski definition) is 2. The summed E-state index contributed by atoms with van der Waals surface area (Å²) in [5, 5.41) is 13.5. The molecule has 2 aromatic rings. The molecule has 2 rings (SSSR count). The van der Waals surface area contributed by atoms with E-state index in [2.05, 4.69) is 40.6 Å². The molecule has 1 aromatic heterocycles. The number of H-pyrrole nitrogens is 1. The molecule has 3 nitrogen and oxygen atoms in total. The molecule has 2 N–H and O–H groups in total. The number of aromatic amines is 1. The van der Waals surface area contributed by atoms with E-state index in [1.807, 2.05) is 20.0 Å². The first-order valence-electron chi connectivity index (χ1n) is 5.79. The van der Waals surface area contributed by atoms with Gasteiger partial charge < -0.3 is 10.3 Å². The largest absolute Gasteiger partial charge is 0.361 e. The fourth-order valence-electron chi connectivity index (χ4n) is 1.77. The Morgan fingerprint density at radius 1 is 1.35 bits per heavy atom. The Bertz CT molecular complexity index is 546. The molecule has 88 valence electrons. The van der Waals surface area contributed by atoms with E-state index in [1.165, 1.54) is 10.9 Å². The second-order valence-corrected chi connectivity index (χ2v) is 5.00. The summed E-state index contributed by atoms with van der Waals surface area (Å²) in [5.74, 6) is 0. The van der Waals surface area contributed by atoms with E-state index in [0.29, 0.717) is 6.54 Å². The number of benzene rings is 1. The van der Waals surface area contributed by atoms with Crippen molar-refractivity contribution in [2.75, 3.05) is 6.54 Å². The summed E-state index contributed by atoms with van der Waals surface area (Å²) in [6, 6.07) is 10.7. The fourth-order valence-corrected chi connectivity index (χ4v) is 1.77. The predicted octanol–water partition coefficient (Wildman–Crippen LogP) is 2.81. The standard InChI is InChI=1S/C14H17N3/c1-14(2,9-15)10-16-8-11-3-4-13-12(7-11)5-6-17-13/h3-7,16-17H,8,10H2,1-2H3. The predicted molar refractivity (Wildman–Crippen MR) is 69.4 cm³/mol. The molecule has 0 saturated carbocycles. The molecule has 0 bridgehead atoms. The molecule has 17 heavy (non-hydrogen) atoms. The van der Waals surface area contributed by atoms with Crippen LogP contribution in [0.5, 0.6) is 0 Å². The zero-order valence-corrected chi connectivity index (χ0v) is 10.2. The Hall–Kier alpha value is -1.79. The molecule has 1 aromatic carbocycles. The van der Waals surface area contributed by atoms with Gasteiger partial charge in [-0.2, -0.15) is 5.26 Å². The van der Waals surface area contributed by atoms with Crippen LogP contribution in [0.1, 0.15) is 19.4 Å². The molecule has 0 unspecified atom stereocenters. The lowest BCUT2D eigenvalue weighted by Gasteiger charge is -2.15. The van der Waals surface area contributed by atoms with Crippen LogP contribution in [0.2, 0.25) is 0 Å². The second-order valence-electron chi connectivity index (χ2n) is 5.00. The Kier molecular flexibility index (Phi) is 3.16. The Morgan fingerprint density at radius 3 is 2.94 bits per heavy atom. The summed E-state index contributed by atoms with van der Waals surface area (Å²) >= 11 is 0. The zero-order chi connectivity index (χ0) is 12.3. The van der Waals surface area contributed by atoms with Gasteiger partial charge in [-0.15, -0.1) is 0 Å². The monoisotopic (exact) mass is 227 g/mol. The van der Waals surface area contributed by atoms with Gasteiger partial charge in [-0.05, 0) is 43.0 Å². The molecule has 0 radical (unpaired) electrons. The van der Waals surface area contributed by atoms with Crippen LogP contribution >= 0.6 is 0 Å². The first-order chi connectivity index (χ1) is 8.11. The molecule has 3 heteroatoms. The molecular weight excluding hydrogens is 210 g/mol. The smallest absolute Gasteiger partial charge is 0.0697 e. The molecule has 1 heterocycles. The summed E-state index contributed by atoms with van der Waals surface area (Å²) in [6.07, 6.45) is 1.95. The first kappa shape index (κ1) is 11.7. The van der Waals surface area contributed by atoms with Gasteiger partial charge in [-0.3, -0.25) is 0 Å². The highest BCUT2D eigenvalue weighted by Crippen LogP contribution is 2.15. The minimum atomic E-state index is -0.307. The number of nitrogens with one attached hydrogen (secondary N) is 2. The van der Waals surface area contributed by atoms with Crippen molar-refractivity contribution >= 4 is 10.9 Å². The number of hydrogen-bond donors (Lipinski definition) is 2. The molecular formula is C14H17N3. The second kappa shape index (κ2) is 4.60. The topological polar surface area (TPSA) is 51.6 Å². The van der Waals surface area contributed by atoms with Crippen molar-refractivity contribution < 1.29 is 0 Å². The fraction of sp³-hybridized carbons (Fsp3) is 0.357. The van der Waals surface area contributed by atoms with Crippen molar-refractivity contribution in [1.82, 2.24) is 10.3 Å². The van der Waals surface area contributed by atoms with Crippen molar-refractivity contribution in [1.29, 1.82) is 5.26 Å². The zero-order valence-electron chi connectivity index (χ0n) is 10.2. The molecule has 0 fully saturated rings. The number of aromatic nitrogens is 1. The van der Waals surface area contributed by atoms with Gasteiger partial charge in [0, 0.05) is 24.8 Å². The van der Waals surface area contributed by atoms with Gasteiger partial charge in [0.2, 0.25) is 0 Å². The summed E-state index contributed by atoms with van der Waals surface area (Å²) < 4.78 is 0. The van der Waals surface area contributed by atoms with E-state index in [9.17, 15) is 0 Å². The van der Waals surface area contributed by atoms with Crippen LogP contribution in [-0.2, 0) is 6.54 Å². The van der Waals surface area contributed by atoms with Crippen LogP contribution in [0.4, 0.5) is 0 Å². The van der Waals surface area contributed by atoms with Crippen molar-refractivity contribution in [3.63, 3.8) is 0 Å². The number of nitrogens with zero attached hydrogens (tertiary/aromatic N) is 1. The third-order valence-corrected chi connectivity index (χ3v) is 2.82. The summed E-state index contributed by atoms with van der Waals surface area (Å²) in [4.78, 5) is 3.17. The van der Waals surface area contributed by atoms with E-state index >= 15 is 0 Å². The molecule has 0 atom stereocenters. The minimum Gasteiger partial charge on any atom is -0.361 e. The lowest BCUT2D eigenvalue weighted by molar-refractivity contribution is 0.445. The summed E-state index contributed by atoms with van der Waals surface area (Å²) in [6.45, 7) is 5.38. The van der Waals surface area contributed by atoms with Crippen LogP contribution in [0.15, 0.2) is 30.5 Å². The normalized spacial score (nSPS) is 11.6. The van der Waals surface area contributed by atoms with E-state index < -0.39 is 0 Å². The maximum Gasteiger partial charge on any atom is 0.0697 e. The van der Waals surface area contributed by atoms with Crippen LogP contribution in [-0.4, -0.2) is 11.5 Å². The molecule has 0 aliphatic rings. The van der Waals surface area contributed by atoms with Gasteiger partial charge in [-0.1, -0.05) is 6.07 Å². The number of nitriles is 1. The van der Waals surface area contributed by atoms with Crippen LogP contribution in [0.3, 0.4) is 0 Å². The summed E-state index contributed by atoms with van der Waals surface area (Å²) in [5.41, 5.74) is 2.09. The van der Waals surface area contributed by atoms with Gasteiger partial charge in [-0.25, -0.2) is 0 Å². The van der Waals surface area contributed by atoms with Gasteiger partial charge in [0.05, 0.1) is 11.5 Å². The van der Waals surface area contributed by atoms with Crippen molar-refractivity contribution in [3.8, 4) is 6.07 Å². The third kappa shape index (κ3) is 2.86. The van der Waals surface area contributed by atoms with E-state index in [0.717, 1.165) is 12.1 Å². The highest BCUT2D eigenvalue weighted by Gasteiger charge is 2.15. The molecule has 0 amide bonds. The van der Waals surface area contributed by atoms with E-state index in [4.69, 9.17) is 5.26 Å². The lowest BCUT2D eigenvalue weighted by atomic mass is 9.96. The van der Waals surface area contributed by atoms with Crippen LogP contribution < -0.4 is 5.32 Å². The lowest BCUT2D eigenvalue weighted by Crippen LogP contribution is -2.27. The van der Waals surface area contributed by atoms with Gasteiger partial charge in [0.25, 0.3) is 0 Å². The number of rotatable bonds is 4. The van der Waals surface area contributed by atoms with E-state index in [-0.39, 0.29) is 5.41 Å². The quantitative estimate of drug-likeness (QED) is 0.843. The minimum absolute atomic E-state index is 0.307. The molecule has 0 spiro atoms. The van der Waals surface area contributed by atoms with Crippen molar-refractivity contribution in [2.45, 2.75) is 20.4 Å². The number of fused-ring (bicyclic) bond motifs is 1. The molecule has 0 aliphatic carbocycles. The van der Waals surface area contributed by atoms with Gasteiger partial charge in [0.15, 0.2) is 0 Å². The molecule has 0 saturated heterocycles. The van der Waals surface area contributed by atoms with Crippen LogP contribution in [0.25, 0.3) is 10.9 Å². The highest BCUT2D eigenvalue weighted by atomic mass is 14.9. The molecule has 0 aliphatic heterocycles.